The number of amides is 1. The quantitative estimate of drug-likeness (QED) is 0.320. The fourth-order valence-corrected chi connectivity index (χ4v) is 6.36. The van der Waals surface area contributed by atoms with Crippen molar-refractivity contribution in [3.05, 3.63) is 75.8 Å². The second-order valence-corrected chi connectivity index (χ2v) is 10.6. The number of carbonyl (C=O) groups excluding carboxylic acids is 2. The zero-order valence-electron chi connectivity index (χ0n) is 21.9. The molecular weight excluding hydrogens is 505 g/mol. The number of benzene rings is 2. The number of aromatic nitrogens is 2. The Balaban J connectivity index is 1.72. The van der Waals surface area contributed by atoms with Crippen molar-refractivity contribution in [1.82, 2.24) is 9.78 Å². The highest BCUT2D eigenvalue weighted by Gasteiger charge is 2.47. The Hall–Kier alpha value is -3.19. The Kier molecular flexibility index (Phi) is 7.57. The molecule has 0 spiro atoms. The van der Waals surface area contributed by atoms with Gasteiger partial charge < -0.3 is 4.74 Å². The molecule has 2 aliphatic carbocycles. The van der Waals surface area contributed by atoms with E-state index in [0.717, 1.165) is 62.0 Å². The first-order valence-corrected chi connectivity index (χ1v) is 13.9. The van der Waals surface area contributed by atoms with E-state index in [1.165, 1.54) is 30.7 Å². The van der Waals surface area contributed by atoms with Gasteiger partial charge in [0, 0.05) is 11.9 Å². The Morgan fingerprint density at radius 2 is 1.76 bits per heavy atom. The van der Waals surface area contributed by atoms with Gasteiger partial charge in [0.1, 0.15) is 5.82 Å². The van der Waals surface area contributed by atoms with Crippen molar-refractivity contribution < 1.29 is 18.7 Å². The second-order valence-electron chi connectivity index (χ2n) is 10.2. The number of nitrogens with zero attached hydrogens (tertiary/aromatic N) is 3. The summed E-state index contributed by atoms with van der Waals surface area (Å²) in [5.41, 5.74) is 3.56. The number of hydrogen-bond donors (Lipinski definition) is 0. The number of rotatable bonds is 6. The molecule has 2 aliphatic rings. The third kappa shape index (κ3) is 4.73. The van der Waals surface area contributed by atoms with Crippen molar-refractivity contribution in [3.8, 4) is 5.69 Å². The van der Waals surface area contributed by atoms with Crippen LogP contribution in [0.3, 0.4) is 0 Å². The molecule has 3 aromatic rings. The molecule has 2 aromatic carbocycles. The first-order chi connectivity index (χ1) is 18.4. The maximum Gasteiger partial charge on any atom is 0.338 e. The van der Waals surface area contributed by atoms with Crippen LogP contribution < -0.4 is 4.90 Å². The molecule has 1 fully saturated rings. The zero-order valence-corrected chi connectivity index (χ0v) is 22.7. The summed E-state index contributed by atoms with van der Waals surface area (Å²) in [6.45, 7) is 3.40. The van der Waals surface area contributed by atoms with Crippen molar-refractivity contribution in [2.45, 2.75) is 77.2 Å². The van der Waals surface area contributed by atoms with Gasteiger partial charge in [-0.05, 0) is 93.5 Å². The van der Waals surface area contributed by atoms with Crippen LogP contribution in [0.25, 0.3) is 5.69 Å². The highest BCUT2D eigenvalue weighted by atomic mass is 35.5. The molecule has 1 saturated carbocycles. The molecule has 1 heterocycles. The lowest BCUT2D eigenvalue weighted by atomic mass is 9.74. The molecule has 0 unspecified atom stereocenters. The molecule has 0 radical (unpaired) electrons. The lowest BCUT2D eigenvalue weighted by molar-refractivity contribution is -0.118. The molecule has 1 amide bonds. The lowest BCUT2D eigenvalue weighted by Crippen LogP contribution is -2.52. The first kappa shape index (κ1) is 26.4. The molecule has 200 valence electrons. The number of esters is 1. The molecule has 0 atom stereocenters. The Morgan fingerprint density at radius 1 is 1.05 bits per heavy atom. The largest absolute Gasteiger partial charge is 0.462 e. The van der Waals surface area contributed by atoms with Gasteiger partial charge in [-0.25, -0.2) is 13.9 Å². The fourth-order valence-electron chi connectivity index (χ4n) is 6.23. The van der Waals surface area contributed by atoms with Crippen LogP contribution in [0.1, 0.15) is 86.1 Å². The minimum atomic E-state index is -0.784. The van der Waals surface area contributed by atoms with Crippen LogP contribution in [0.15, 0.2) is 42.5 Å². The van der Waals surface area contributed by atoms with Crippen LogP contribution in [0.2, 0.25) is 5.02 Å². The second kappa shape index (κ2) is 10.9. The summed E-state index contributed by atoms with van der Waals surface area (Å²) >= 11 is 6.20. The van der Waals surface area contributed by atoms with Gasteiger partial charge in [-0.15, -0.1) is 0 Å². The molecule has 5 rings (SSSR count). The fraction of sp³-hybridized carbons (Fsp3) is 0.433. The standard InChI is InChI=1S/C30H33ClFN3O3/c1-3-38-29(37)21-11-16-27(25(32)19-21)34(20(2)36)30(17-7-4-8-18-30)28-24-9-5-6-10-26(24)33-35(28)23-14-12-22(31)13-15-23/h11-16,19H,3-10,17-18H2,1-2H3. The van der Waals surface area contributed by atoms with Crippen LogP contribution >= 0.6 is 11.6 Å². The van der Waals surface area contributed by atoms with Crippen LogP contribution in [-0.2, 0) is 27.9 Å². The number of fused-ring (bicyclic) bond motifs is 1. The van der Waals surface area contributed by atoms with Crippen LogP contribution in [0.4, 0.5) is 10.1 Å². The highest BCUT2D eigenvalue weighted by Crippen LogP contribution is 2.48. The summed E-state index contributed by atoms with van der Waals surface area (Å²) in [5, 5.41) is 5.70. The predicted octanol–water partition coefficient (Wildman–Crippen LogP) is 6.93. The Labute approximate surface area is 227 Å². The minimum Gasteiger partial charge on any atom is -0.462 e. The Bertz CT molecular complexity index is 1350. The summed E-state index contributed by atoms with van der Waals surface area (Å²) in [4.78, 5) is 27.4. The third-order valence-electron chi connectivity index (χ3n) is 7.79. The van der Waals surface area contributed by atoms with Gasteiger partial charge in [-0.1, -0.05) is 30.9 Å². The number of hydrogen-bond acceptors (Lipinski definition) is 4. The van der Waals surface area contributed by atoms with Gasteiger partial charge in [0.05, 0.1) is 40.5 Å². The molecule has 1 aromatic heterocycles. The van der Waals surface area contributed by atoms with Gasteiger partial charge in [-0.2, -0.15) is 5.10 Å². The lowest BCUT2D eigenvalue weighted by Gasteiger charge is -2.47. The number of aryl methyl sites for hydroxylation is 1. The van der Waals surface area contributed by atoms with E-state index in [2.05, 4.69) is 0 Å². The zero-order chi connectivity index (χ0) is 26.9. The molecule has 0 saturated heterocycles. The summed E-state index contributed by atoms with van der Waals surface area (Å²) in [5.74, 6) is -1.46. The smallest absolute Gasteiger partial charge is 0.338 e. The van der Waals surface area contributed by atoms with Gasteiger partial charge in [0.2, 0.25) is 5.91 Å². The number of halogens is 2. The van der Waals surface area contributed by atoms with Gasteiger partial charge >= 0.3 is 5.97 Å². The molecule has 6 nitrogen and oxygen atoms in total. The van der Waals surface area contributed by atoms with E-state index in [4.69, 9.17) is 21.4 Å². The molecule has 0 N–H and O–H groups in total. The van der Waals surface area contributed by atoms with E-state index < -0.39 is 17.3 Å². The maximum atomic E-state index is 15.8. The monoisotopic (exact) mass is 537 g/mol. The SMILES string of the molecule is CCOC(=O)c1ccc(N(C(C)=O)C2(c3c4c(nn3-c3ccc(Cl)cc3)CCCC4)CCCCC2)c(F)c1. The van der Waals surface area contributed by atoms with Crippen LogP contribution in [0.5, 0.6) is 0 Å². The van der Waals surface area contributed by atoms with E-state index in [-0.39, 0.29) is 23.8 Å². The van der Waals surface area contributed by atoms with E-state index in [9.17, 15) is 9.59 Å². The van der Waals surface area contributed by atoms with E-state index >= 15 is 4.39 Å². The number of anilines is 1. The van der Waals surface area contributed by atoms with E-state index in [1.54, 1.807) is 11.8 Å². The third-order valence-corrected chi connectivity index (χ3v) is 8.04. The van der Waals surface area contributed by atoms with Crippen molar-refractivity contribution in [2.24, 2.45) is 0 Å². The van der Waals surface area contributed by atoms with Gasteiger partial charge in [0.15, 0.2) is 0 Å². The van der Waals surface area contributed by atoms with Gasteiger partial charge in [-0.3, -0.25) is 9.69 Å². The van der Waals surface area contributed by atoms with Crippen molar-refractivity contribution in [3.63, 3.8) is 0 Å². The van der Waals surface area contributed by atoms with Crippen molar-refractivity contribution in [2.75, 3.05) is 11.5 Å². The summed E-state index contributed by atoms with van der Waals surface area (Å²) in [6.07, 6.45) is 8.11. The predicted molar refractivity (Wildman–Crippen MR) is 145 cm³/mol. The molecule has 0 bridgehead atoms. The van der Waals surface area contributed by atoms with E-state index in [0.29, 0.717) is 17.9 Å². The first-order valence-electron chi connectivity index (χ1n) is 13.5. The van der Waals surface area contributed by atoms with Crippen molar-refractivity contribution in [1.29, 1.82) is 0 Å². The minimum absolute atomic E-state index is 0.123. The molecule has 8 heteroatoms. The number of carbonyl (C=O) groups is 2. The summed E-state index contributed by atoms with van der Waals surface area (Å²) in [7, 11) is 0. The van der Waals surface area contributed by atoms with E-state index in [1.807, 2.05) is 28.9 Å². The summed E-state index contributed by atoms with van der Waals surface area (Å²) < 4.78 is 22.8. The molecular formula is C30H33ClFN3O3. The average Bonchev–Trinajstić information content (AvgIpc) is 3.31. The molecule has 38 heavy (non-hydrogen) atoms. The van der Waals surface area contributed by atoms with Crippen LogP contribution in [-0.4, -0.2) is 28.3 Å². The highest BCUT2D eigenvalue weighted by molar-refractivity contribution is 6.30. The number of ether oxygens (including phenoxy) is 1. The average molecular weight is 538 g/mol. The van der Waals surface area contributed by atoms with Gasteiger partial charge in [0.25, 0.3) is 0 Å². The van der Waals surface area contributed by atoms with Crippen molar-refractivity contribution >= 4 is 29.2 Å². The molecule has 0 aliphatic heterocycles. The maximum absolute atomic E-state index is 15.8. The normalized spacial score (nSPS) is 16.5. The Morgan fingerprint density at radius 3 is 2.42 bits per heavy atom. The summed E-state index contributed by atoms with van der Waals surface area (Å²) in [6, 6.07) is 11.8. The topological polar surface area (TPSA) is 64.4 Å². The van der Waals surface area contributed by atoms with Crippen LogP contribution in [0, 0.1) is 5.82 Å².